The highest BCUT2D eigenvalue weighted by Gasteiger charge is 2.14. The van der Waals surface area contributed by atoms with Gasteiger partial charge in [-0.05, 0) is 43.3 Å². The van der Waals surface area contributed by atoms with E-state index < -0.39 is 5.82 Å². The molecule has 0 atom stereocenters. The molecule has 0 bridgehead atoms. The number of carbonyl (C=O) groups is 1. The van der Waals surface area contributed by atoms with E-state index >= 15 is 0 Å². The summed E-state index contributed by atoms with van der Waals surface area (Å²) in [5.41, 5.74) is 0.234. The smallest absolute Gasteiger partial charge is 0.173 e. The van der Waals surface area contributed by atoms with Gasteiger partial charge in [0.2, 0.25) is 0 Å². The Morgan fingerprint density at radius 1 is 1.17 bits per heavy atom. The Kier molecular flexibility index (Phi) is 3.77. The van der Waals surface area contributed by atoms with Gasteiger partial charge in [0.1, 0.15) is 5.75 Å². The largest absolute Gasteiger partial charge is 0.454 e. The monoisotopic (exact) mass is 308 g/mol. The molecule has 0 fully saturated rings. The second kappa shape index (κ2) is 5.31. The average Bonchev–Trinajstić information content (AvgIpc) is 2.34. The minimum absolute atomic E-state index is 0.0349. The van der Waals surface area contributed by atoms with Gasteiger partial charge in [0.25, 0.3) is 0 Å². The number of ether oxygens (including phenoxy) is 1. The Morgan fingerprint density at radius 2 is 1.83 bits per heavy atom. The van der Waals surface area contributed by atoms with E-state index in [9.17, 15) is 9.18 Å². The van der Waals surface area contributed by atoms with E-state index in [4.69, 9.17) is 4.74 Å². The number of halogens is 2. The molecule has 18 heavy (non-hydrogen) atoms. The lowest BCUT2D eigenvalue weighted by Gasteiger charge is -2.10. The second-order valence-corrected chi connectivity index (χ2v) is 4.64. The Labute approximate surface area is 113 Å². The number of benzene rings is 2. The Bertz CT molecular complexity index is 579. The number of carbonyl (C=O) groups excluding carboxylic acids is 1. The van der Waals surface area contributed by atoms with Crippen LogP contribution >= 0.6 is 15.9 Å². The maximum Gasteiger partial charge on any atom is 0.173 e. The average molecular weight is 309 g/mol. The summed E-state index contributed by atoms with van der Waals surface area (Å²) in [6, 6.07) is 11.2. The van der Waals surface area contributed by atoms with Gasteiger partial charge in [0.15, 0.2) is 17.3 Å². The van der Waals surface area contributed by atoms with Crippen molar-refractivity contribution in [3.05, 3.63) is 58.3 Å². The van der Waals surface area contributed by atoms with E-state index in [0.29, 0.717) is 5.75 Å². The summed E-state index contributed by atoms with van der Waals surface area (Å²) in [5.74, 6) is -0.342. The fraction of sp³-hybridized carbons (Fsp3) is 0.0714. The van der Waals surface area contributed by atoms with E-state index in [1.807, 2.05) is 0 Å². The lowest BCUT2D eigenvalue weighted by molar-refractivity contribution is 0.101. The van der Waals surface area contributed by atoms with Crippen LogP contribution < -0.4 is 4.74 Å². The van der Waals surface area contributed by atoms with E-state index in [1.54, 1.807) is 30.3 Å². The highest BCUT2D eigenvalue weighted by Crippen LogP contribution is 2.29. The summed E-state index contributed by atoms with van der Waals surface area (Å²) in [6.45, 7) is 1.38. The summed E-state index contributed by atoms with van der Waals surface area (Å²) < 4.78 is 20.0. The van der Waals surface area contributed by atoms with Crippen molar-refractivity contribution in [1.29, 1.82) is 0 Å². The van der Waals surface area contributed by atoms with Crippen molar-refractivity contribution in [2.75, 3.05) is 0 Å². The van der Waals surface area contributed by atoms with Crippen molar-refractivity contribution < 1.29 is 13.9 Å². The highest BCUT2D eigenvalue weighted by atomic mass is 79.9. The number of hydrogen-bond donors (Lipinski definition) is 0. The molecule has 2 nitrogen and oxygen atoms in total. The number of hydrogen-bond acceptors (Lipinski definition) is 2. The van der Waals surface area contributed by atoms with Crippen molar-refractivity contribution in [1.82, 2.24) is 0 Å². The van der Waals surface area contributed by atoms with Crippen molar-refractivity contribution >= 4 is 21.7 Å². The van der Waals surface area contributed by atoms with Gasteiger partial charge in [-0.25, -0.2) is 4.39 Å². The minimum atomic E-state index is -0.550. The third-order valence-electron chi connectivity index (χ3n) is 2.38. The quantitative estimate of drug-likeness (QED) is 0.776. The molecule has 2 rings (SSSR count). The number of ketones is 1. The maximum absolute atomic E-state index is 13.7. The molecule has 0 heterocycles. The first-order valence-corrected chi connectivity index (χ1v) is 6.10. The van der Waals surface area contributed by atoms with Crippen LogP contribution in [0.5, 0.6) is 11.5 Å². The van der Waals surface area contributed by atoms with E-state index in [-0.39, 0.29) is 17.1 Å². The molecule has 0 spiro atoms. The number of para-hydroxylation sites is 1. The predicted octanol–water partition coefficient (Wildman–Crippen LogP) is 4.58. The van der Waals surface area contributed by atoms with E-state index in [1.165, 1.54) is 19.1 Å². The van der Waals surface area contributed by atoms with Crippen molar-refractivity contribution in [3.63, 3.8) is 0 Å². The predicted molar refractivity (Wildman–Crippen MR) is 70.6 cm³/mol. The molecule has 0 saturated heterocycles. The van der Waals surface area contributed by atoms with Gasteiger partial charge in [-0.15, -0.1) is 0 Å². The van der Waals surface area contributed by atoms with Crippen LogP contribution in [0.15, 0.2) is 46.9 Å². The number of rotatable bonds is 3. The summed E-state index contributed by atoms with van der Waals surface area (Å²) in [7, 11) is 0. The first-order valence-electron chi connectivity index (χ1n) is 5.31. The zero-order chi connectivity index (χ0) is 13.1. The van der Waals surface area contributed by atoms with Crippen LogP contribution in [-0.2, 0) is 0 Å². The van der Waals surface area contributed by atoms with Gasteiger partial charge in [0, 0.05) is 4.47 Å². The maximum atomic E-state index is 13.7. The van der Waals surface area contributed by atoms with Crippen molar-refractivity contribution in [3.8, 4) is 11.5 Å². The molecule has 2 aromatic rings. The lowest BCUT2D eigenvalue weighted by atomic mass is 10.1. The zero-order valence-electron chi connectivity index (χ0n) is 9.61. The fourth-order valence-electron chi connectivity index (χ4n) is 1.51. The fourth-order valence-corrected chi connectivity index (χ4v) is 1.77. The Hall–Kier alpha value is -1.68. The third-order valence-corrected chi connectivity index (χ3v) is 2.91. The molecule has 0 saturated carbocycles. The van der Waals surface area contributed by atoms with Crippen LogP contribution in [-0.4, -0.2) is 5.78 Å². The molecule has 0 unspecified atom stereocenters. The molecular weight excluding hydrogens is 299 g/mol. The normalized spacial score (nSPS) is 10.2. The van der Waals surface area contributed by atoms with Gasteiger partial charge < -0.3 is 4.74 Å². The molecule has 92 valence electrons. The first-order chi connectivity index (χ1) is 8.58. The van der Waals surface area contributed by atoms with Gasteiger partial charge in [-0.1, -0.05) is 22.0 Å². The third kappa shape index (κ3) is 2.76. The van der Waals surface area contributed by atoms with Gasteiger partial charge in [0.05, 0.1) is 5.56 Å². The van der Waals surface area contributed by atoms with Gasteiger partial charge in [-0.2, -0.15) is 0 Å². The van der Waals surface area contributed by atoms with Gasteiger partial charge in [-0.3, -0.25) is 4.79 Å². The standard InChI is InChI=1S/C14H10BrFO2/c1-9(17)12-3-2-4-13(16)14(12)18-11-7-5-10(15)6-8-11/h2-8H,1H3. The molecule has 0 aromatic heterocycles. The molecule has 4 heteroatoms. The van der Waals surface area contributed by atoms with Gasteiger partial charge >= 0.3 is 0 Å². The van der Waals surface area contributed by atoms with E-state index in [0.717, 1.165) is 4.47 Å². The molecule has 2 aromatic carbocycles. The topological polar surface area (TPSA) is 26.3 Å². The van der Waals surface area contributed by atoms with Crippen LogP contribution in [0.3, 0.4) is 0 Å². The lowest BCUT2D eigenvalue weighted by Crippen LogP contribution is -1.99. The molecule has 0 aliphatic heterocycles. The SMILES string of the molecule is CC(=O)c1cccc(F)c1Oc1ccc(Br)cc1. The highest BCUT2D eigenvalue weighted by molar-refractivity contribution is 9.10. The van der Waals surface area contributed by atoms with Crippen LogP contribution in [0.4, 0.5) is 4.39 Å². The first kappa shape index (κ1) is 12.8. The van der Waals surface area contributed by atoms with Crippen LogP contribution in [0, 0.1) is 5.82 Å². The number of Topliss-reactive ketones (excluding diaryl/α,β-unsaturated/α-hetero) is 1. The molecule has 0 aliphatic rings. The second-order valence-electron chi connectivity index (χ2n) is 3.73. The summed E-state index contributed by atoms with van der Waals surface area (Å²) >= 11 is 3.30. The van der Waals surface area contributed by atoms with Crippen LogP contribution in [0.25, 0.3) is 0 Å². The zero-order valence-corrected chi connectivity index (χ0v) is 11.2. The summed E-state index contributed by atoms with van der Waals surface area (Å²) in [4.78, 5) is 11.4. The molecule has 0 radical (unpaired) electrons. The molecule has 0 aliphatic carbocycles. The van der Waals surface area contributed by atoms with Crippen molar-refractivity contribution in [2.24, 2.45) is 0 Å². The Balaban J connectivity index is 2.39. The summed E-state index contributed by atoms with van der Waals surface area (Å²) in [5, 5.41) is 0. The minimum Gasteiger partial charge on any atom is -0.454 e. The summed E-state index contributed by atoms with van der Waals surface area (Å²) in [6.07, 6.45) is 0. The molecular formula is C14H10BrFO2. The van der Waals surface area contributed by atoms with Crippen LogP contribution in [0.1, 0.15) is 17.3 Å². The molecule has 0 amide bonds. The van der Waals surface area contributed by atoms with Crippen LogP contribution in [0.2, 0.25) is 0 Å². The molecule has 0 N–H and O–H groups in total. The van der Waals surface area contributed by atoms with E-state index in [2.05, 4.69) is 15.9 Å². The Morgan fingerprint density at radius 3 is 2.44 bits per heavy atom. The van der Waals surface area contributed by atoms with Crippen molar-refractivity contribution in [2.45, 2.75) is 6.92 Å².